The number of amidine groups is 1. The highest BCUT2D eigenvalue weighted by molar-refractivity contribution is 6.09. The Morgan fingerprint density at radius 2 is 1.14 bits per heavy atom. The van der Waals surface area contributed by atoms with Crippen LogP contribution in [0.25, 0.3) is 54.8 Å². The molecule has 1 N–H and O–H groups in total. The molecule has 0 fully saturated rings. The Morgan fingerprint density at radius 3 is 1.90 bits per heavy atom. The van der Waals surface area contributed by atoms with Crippen molar-refractivity contribution in [1.29, 1.82) is 0 Å². The number of benzene rings is 7. The lowest BCUT2D eigenvalue weighted by atomic mass is 9.85. The molecule has 0 spiro atoms. The third kappa shape index (κ3) is 5.01. The van der Waals surface area contributed by atoms with Gasteiger partial charge >= 0.3 is 0 Å². The largest absolute Gasteiger partial charge is 0.456 e. The molecule has 3 nitrogen and oxygen atoms in total. The fourth-order valence-electron chi connectivity index (χ4n) is 8.09. The van der Waals surface area contributed by atoms with Gasteiger partial charge in [-0.1, -0.05) is 158 Å². The monoisotopic (exact) mass is 654 g/mol. The molecule has 10 rings (SSSR count). The molecule has 7 aromatic carbocycles. The number of fused-ring (bicyclic) bond motifs is 6. The zero-order valence-electron chi connectivity index (χ0n) is 28.0. The van der Waals surface area contributed by atoms with Crippen LogP contribution >= 0.6 is 0 Å². The lowest BCUT2D eigenvalue weighted by Gasteiger charge is -2.26. The van der Waals surface area contributed by atoms with Crippen LogP contribution in [0.15, 0.2) is 185 Å². The van der Waals surface area contributed by atoms with Crippen molar-refractivity contribution in [2.45, 2.75) is 18.9 Å². The van der Waals surface area contributed by atoms with Crippen LogP contribution in [-0.4, -0.2) is 5.84 Å². The molecule has 1 aliphatic heterocycles. The molecule has 1 unspecified atom stereocenters. The molecule has 8 aromatic rings. The standard InChI is InChI=1S/C48H34N2O/c1-4-14-31(15-5-1)35-25-26-39(38-23-13-12-22-37(35)38)40-27-28-41(47-46(40)45-36-21-11-10-16-32(36)24-29-44(45)51-47)43-30-42(33-17-6-2-7-18-33)49-48(50-43)34-19-8-3-9-20-34/h1-26,29-30,42H,27-28H2,(H,49,50). The average molecular weight is 655 g/mol. The zero-order valence-corrected chi connectivity index (χ0v) is 28.0. The summed E-state index contributed by atoms with van der Waals surface area (Å²) in [6.45, 7) is 0. The van der Waals surface area contributed by atoms with Gasteiger partial charge in [-0.05, 0) is 74.4 Å². The minimum Gasteiger partial charge on any atom is -0.456 e. The molecule has 2 heterocycles. The Bertz CT molecular complexity index is 2810. The van der Waals surface area contributed by atoms with E-state index < -0.39 is 0 Å². The second-order valence-electron chi connectivity index (χ2n) is 13.4. The first-order valence-corrected chi connectivity index (χ1v) is 17.7. The number of nitrogens with one attached hydrogen (secondary N) is 1. The maximum Gasteiger partial charge on any atom is 0.141 e. The molecule has 0 saturated heterocycles. The zero-order chi connectivity index (χ0) is 33.7. The number of aliphatic imine (C=N–C) groups is 1. The van der Waals surface area contributed by atoms with Gasteiger partial charge in [-0.2, -0.15) is 0 Å². The minimum atomic E-state index is -0.0325. The number of nitrogens with zero attached hydrogens (tertiary/aromatic N) is 1. The molecule has 0 saturated carbocycles. The van der Waals surface area contributed by atoms with Gasteiger partial charge in [0, 0.05) is 21.7 Å². The molecule has 1 atom stereocenters. The van der Waals surface area contributed by atoms with Crippen LogP contribution in [0, 0.1) is 0 Å². The highest BCUT2D eigenvalue weighted by Gasteiger charge is 2.27. The summed E-state index contributed by atoms with van der Waals surface area (Å²) in [5, 5.41) is 11.0. The van der Waals surface area contributed by atoms with E-state index in [1.54, 1.807) is 0 Å². The van der Waals surface area contributed by atoms with E-state index in [1.807, 2.05) is 6.07 Å². The Labute approximate surface area is 296 Å². The van der Waals surface area contributed by atoms with Crippen molar-refractivity contribution < 1.29 is 4.42 Å². The summed E-state index contributed by atoms with van der Waals surface area (Å²) in [7, 11) is 0. The lowest BCUT2D eigenvalue weighted by molar-refractivity contribution is 0.567. The van der Waals surface area contributed by atoms with E-state index in [1.165, 1.54) is 60.0 Å². The molecule has 51 heavy (non-hydrogen) atoms. The molecule has 0 bridgehead atoms. The van der Waals surface area contributed by atoms with Crippen LogP contribution in [0.3, 0.4) is 0 Å². The van der Waals surface area contributed by atoms with Gasteiger partial charge in [0.05, 0.1) is 11.7 Å². The topological polar surface area (TPSA) is 37.5 Å². The smallest absolute Gasteiger partial charge is 0.141 e. The van der Waals surface area contributed by atoms with Crippen LogP contribution in [0.1, 0.15) is 35.6 Å². The van der Waals surface area contributed by atoms with E-state index in [0.717, 1.165) is 46.5 Å². The molecule has 242 valence electrons. The molecular weight excluding hydrogens is 621 g/mol. The second-order valence-corrected chi connectivity index (χ2v) is 13.4. The highest BCUT2D eigenvalue weighted by Crippen LogP contribution is 2.38. The summed E-state index contributed by atoms with van der Waals surface area (Å²) >= 11 is 0. The quantitative estimate of drug-likeness (QED) is 0.201. The number of rotatable bonds is 5. The predicted molar refractivity (Wildman–Crippen MR) is 211 cm³/mol. The van der Waals surface area contributed by atoms with E-state index >= 15 is 0 Å². The molecule has 0 amide bonds. The second kappa shape index (κ2) is 12.2. The van der Waals surface area contributed by atoms with Crippen LogP contribution in [0.5, 0.6) is 0 Å². The van der Waals surface area contributed by atoms with Gasteiger partial charge in [-0.25, -0.2) is 4.99 Å². The summed E-state index contributed by atoms with van der Waals surface area (Å²) in [5.41, 5.74) is 11.3. The van der Waals surface area contributed by atoms with Gasteiger partial charge in [0.25, 0.3) is 0 Å². The Hall–Kier alpha value is -6.45. The summed E-state index contributed by atoms with van der Waals surface area (Å²) in [6.07, 6.45) is 3.96. The Morgan fingerprint density at radius 1 is 0.529 bits per heavy atom. The first-order chi connectivity index (χ1) is 25.3. The van der Waals surface area contributed by atoms with Crippen LogP contribution < -0.4 is 16.0 Å². The maximum absolute atomic E-state index is 7.01. The van der Waals surface area contributed by atoms with Crippen molar-refractivity contribution in [3.63, 3.8) is 0 Å². The van der Waals surface area contributed by atoms with Crippen LogP contribution in [-0.2, 0) is 0 Å². The number of furan rings is 1. The highest BCUT2D eigenvalue weighted by atomic mass is 16.3. The summed E-state index contributed by atoms with van der Waals surface area (Å²) in [5.74, 6) is 0.870. The fraction of sp³-hybridized carbons (Fsp3) is 0.0625. The Kier molecular flexibility index (Phi) is 7.02. The number of allylic oxidation sites excluding steroid dienone is 1. The van der Waals surface area contributed by atoms with Crippen molar-refractivity contribution in [3.8, 4) is 11.1 Å². The van der Waals surface area contributed by atoms with Crippen molar-refractivity contribution >= 4 is 49.5 Å². The maximum atomic E-state index is 7.01. The van der Waals surface area contributed by atoms with Crippen LogP contribution in [0.2, 0.25) is 0 Å². The first-order valence-electron chi connectivity index (χ1n) is 17.7. The van der Waals surface area contributed by atoms with Crippen LogP contribution in [0.4, 0.5) is 0 Å². The van der Waals surface area contributed by atoms with E-state index in [-0.39, 0.29) is 6.04 Å². The molecule has 0 radical (unpaired) electrons. The predicted octanol–water partition coefficient (Wildman–Crippen LogP) is 10.2. The van der Waals surface area contributed by atoms with Gasteiger partial charge in [0.1, 0.15) is 16.8 Å². The fourth-order valence-corrected chi connectivity index (χ4v) is 8.09. The van der Waals surface area contributed by atoms with Gasteiger partial charge in [-0.3, -0.25) is 0 Å². The molecule has 2 aliphatic rings. The lowest BCUT2D eigenvalue weighted by Crippen LogP contribution is -2.34. The SMILES string of the molecule is C1=C(C2=c3oc4ccc5ccccc5c4c3=C(c3ccc(-c4ccccc4)c4ccccc34)CC2)N=C(c2ccccc2)NC1c1ccccc1. The van der Waals surface area contributed by atoms with E-state index in [9.17, 15) is 0 Å². The number of hydrogen-bond donors (Lipinski definition) is 1. The van der Waals surface area contributed by atoms with Crippen molar-refractivity contribution in [1.82, 2.24) is 5.32 Å². The molecule has 1 aliphatic carbocycles. The summed E-state index contributed by atoms with van der Waals surface area (Å²) in [6, 6.07) is 58.2. The minimum absolute atomic E-state index is 0.0325. The van der Waals surface area contributed by atoms with Crippen molar-refractivity contribution in [2.75, 3.05) is 0 Å². The first kappa shape index (κ1) is 29.5. The third-order valence-corrected chi connectivity index (χ3v) is 10.5. The molecular formula is C48H34N2O. The molecule has 1 aromatic heterocycles. The summed E-state index contributed by atoms with van der Waals surface area (Å²) in [4.78, 5) is 5.34. The van der Waals surface area contributed by atoms with Gasteiger partial charge < -0.3 is 9.73 Å². The van der Waals surface area contributed by atoms with Gasteiger partial charge in [-0.15, -0.1) is 0 Å². The van der Waals surface area contributed by atoms with E-state index in [2.05, 4.69) is 169 Å². The number of hydrogen-bond acceptors (Lipinski definition) is 3. The van der Waals surface area contributed by atoms with E-state index in [4.69, 9.17) is 9.41 Å². The van der Waals surface area contributed by atoms with Gasteiger partial charge in [0.2, 0.25) is 0 Å². The average Bonchev–Trinajstić information content (AvgIpc) is 3.61. The van der Waals surface area contributed by atoms with Crippen molar-refractivity contribution in [2.24, 2.45) is 4.99 Å². The van der Waals surface area contributed by atoms with Crippen molar-refractivity contribution in [3.05, 3.63) is 203 Å². The summed E-state index contributed by atoms with van der Waals surface area (Å²) < 4.78 is 7.01. The molecule has 3 heteroatoms. The van der Waals surface area contributed by atoms with Gasteiger partial charge in [0.15, 0.2) is 0 Å². The van der Waals surface area contributed by atoms with E-state index in [0.29, 0.717) is 0 Å². The third-order valence-electron chi connectivity index (χ3n) is 10.5. The Balaban J connectivity index is 1.29. The normalized spacial score (nSPS) is 15.8.